The first kappa shape index (κ1) is 17.9. The smallest absolute Gasteiger partial charge is 0.417 e. The number of hydrogen-bond acceptors (Lipinski definition) is 3. The highest BCUT2D eigenvalue weighted by molar-refractivity contribution is 7.80. The van der Waals surface area contributed by atoms with Crippen LogP contribution in [-0.2, 0) is 6.18 Å². The number of alkyl halides is 3. The summed E-state index contributed by atoms with van der Waals surface area (Å²) in [6.07, 6.45) is -4.68. The highest BCUT2D eigenvalue weighted by Crippen LogP contribution is 2.34. The molecule has 134 valence electrons. The van der Waals surface area contributed by atoms with Gasteiger partial charge in [0.05, 0.1) is 5.56 Å². The van der Waals surface area contributed by atoms with Crippen molar-refractivity contribution in [1.82, 2.24) is 0 Å². The standard InChI is InChI=1S/C17H10F4N2O2S/c18-9-2-1-3-10(6-9)22-16(26)23-11-4-5-12-13(17(19,20)21)8-15(24)25-14(12)7-11/h1-8H,(H2,22,23,26). The molecule has 0 amide bonds. The molecule has 0 unspecified atom stereocenters. The number of nitrogens with one attached hydrogen (secondary N) is 2. The van der Waals surface area contributed by atoms with Crippen molar-refractivity contribution in [3.8, 4) is 0 Å². The third-order valence-corrected chi connectivity index (χ3v) is 3.59. The van der Waals surface area contributed by atoms with Gasteiger partial charge in [-0.15, -0.1) is 0 Å². The van der Waals surface area contributed by atoms with Crippen molar-refractivity contribution in [3.63, 3.8) is 0 Å². The Hall–Kier alpha value is -2.94. The topological polar surface area (TPSA) is 54.3 Å². The Morgan fingerprint density at radius 2 is 1.69 bits per heavy atom. The lowest BCUT2D eigenvalue weighted by Crippen LogP contribution is -2.19. The van der Waals surface area contributed by atoms with Gasteiger partial charge in [0.2, 0.25) is 0 Å². The Bertz CT molecular complexity index is 1050. The first-order valence-electron chi connectivity index (χ1n) is 7.21. The maximum absolute atomic E-state index is 13.2. The number of fused-ring (bicyclic) bond motifs is 1. The molecule has 9 heteroatoms. The predicted molar refractivity (Wildman–Crippen MR) is 93.7 cm³/mol. The molecule has 0 spiro atoms. The highest BCUT2D eigenvalue weighted by atomic mass is 32.1. The first-order chi connectivity index (χ1) is 12.2. The molecule has 0 saturated carbocycles. The number of benzene rings is 2. The summed E-state index contributed by atoms with van der Waals surface area (Å²) in [5.74, 6) is -0.454. The summed E-state index contributed by atoms with van der Waals surface area (Å²) in [6, 6.07) is 9.74. The van der Waals surface area contributed by atoms with Gasteiger partial charge in [0.15, 0.2) is 5.11 Å². The lowest BCUT2D eigenvalue weighted by Gasteiger charge is -2.12. The van der Waals surface area contributed by atoms with E-state index in [0.29, 0.717) is 17.4 Å². The van der Waals surface area contributed by atoms with Gasteiger partial charge in [-0.25, -0.2) is 9.18 Å². The molecule has 0 aliphatic heterocycles. The third kappa shape index (κ3) is 3.99. The minimum atomic E-state index is -4.68. The van der Waals surface area contributed by atoms with Crippen LogP contribution in [0.25, 0.3) is 11.0 Å². The van der Waals surface area contributed by atoms with E-state index in [9.17, 15) is 22.4 Å². The van der Waals surface area contributed by atoms with Crippen molar-refractivity contribution < 1.29 is 22.0 Å². The summed E-state index contributed by atoms with van der Waals surface area (Å²) in [6.45, 7) is 0. The van der Waals surface area contributed by atoms with E-state index < -0.39 is 23.2 Å². The lowest BCUT2D eigenvalue weighted by molar-refractivity contribution is -0.136. The van der Waals surface area contributed by atoms with Crippen LogP contribution in [0.5, 0.6) is 0 Å². The molecular weight excluding hydrogens is 372 g/mol. The Labute approximate surface area is 149 Å². The van der Waals surface area contributed by atoms with E-state index in [4.69, 9.17) is 16.6 Å². The van der Waals surface area contributed by atoms with Gasteiger partial charge in [-0.05, 0) is 42.5 Å². The van der Waals surface area contributed by atoms with Crippen LogP contribution in [0.3, 0.4) is 0 Å². The minimum absolute atomic E-state index is 0.0873. The average molecular weight is 382 g/mol. The maximum atomic E-state index is 13.2. The maximum Gasteiger partial charge on any atom is 0.417 e. The van der Waals surface area contributed by atoms with Crippen LogP contribution < -0.4 is 16.3 Å². The zero-order chi connectivity index (χ0) is 18.9. The van der Waals surface area contributed by atoms with E-state index in [1.165, 1.54) is 36.4 Å². The molecule has 0 bridgehead atoms. The average Bonchev–Trinajstić information content (AvgIpc) is 2.52. The molecule has 2 N–H and O–H groups in total. The number of halogens is 4. The molecule has 0 radical (unpaired) electrons. The molecular formula is C17H10F4N2O2S. The van der Waals surface area contributed by atoms with Gasteiger partial charge in [-0.3, -0.25) is 0 Å². The van der Waals surface area contributed by atoms with E-state index in [2.05, 4.69) is 10.6 Å². The van der Waals surface area contributed by atoms with Gasteiger partial charge >= 0.3 is 11.8 Å². The van der Waals surface area contributed by atoms with Crippen molar-refractivity contribution in [3.05, 3.63) is 70.3 Å². The van der Waals surface area contributed by atoms with E-state index in [1.54, 1.807) is 6.07 Å². The van der Waals surface area contributed by atoms with Gasteiger partial charge in [0.1, 0.15) is 11.4 Å². The Kier molecular flexibility index (Phi) is 4.64. The molecule has 1 aromatic heterocycles. The van der Waals surface area contributed by atoms with Gasteiger partial charge in [0.25, 0.3) is 0 Å². The molecule has 2 aromatic carbocycles. The molecule has 0 aliphatic carbocycles. The monoisotopic (exact) mass is 382 g/mol. The quantitative estimate of drug-likeness (QED) is 0.380. The Balaban J connectivity index is 1.87. The fourth-order valence-corrected chi connectivity index (χ4v) is 2.57. The number of anilines is 2. The third-order valence-electron chi connectivity index (χ3n) is 3.39. The summed E-state index contributed by atoms with van der Waals surface area (Å²) in [4.78, 5) is 11.4. The summed E-state index contributed by atoms with van der Waals surface area (Å²) in [5, 5.41) is 5.31. The predicted octanol–water partition coefficient (Wildman–Crippen LogP) is 4.76. The van der Waals surface area contributed by atoms with Crippen molar-refractivity contribution >= 4 is 39.7 Å². The minimum Gasteiger partial charge on any atom is -0.423 e. The van der Waals surface area contributed by atoms with Crippen LogP contribution in [0.2, 0.25) is 0 Å². The SMILES string of the molecule is O=c1cc(C(F)(F)F)c2ccc(NC(=S)Nc3cccc(F)c3)cc2o1. The molecule has 26 heavy (non-hydrogen) atoms. The largest absolute Gasteiger partial charge is 0.423 e. The molecule has 0 saturated heterocycles. The number of rotatable bonds is 2. The van der Waals surface area contributed by atoms with E-state index in [1.807, 2.05) is 0 Å². The van der Waals surface area contributed by atoms with Crippen LogP contribution in [-0.4, -0.2) is 5.11 Å². The summed E-state index contributed by atoms with van der Waals surface area (Å²) < 4.78 is 57.1. The van der Waals surface area contributed by atoms with Gasteiger partial charge in [0, 0.05) is 28.9 Å². The summed E-state index contributed by atoms with van der Waals surface area (Å²) >= 11 is 5.08. The van der Waals surface area contributed by atoms with E-state index in [0.717, 1.165) is 0 Å². The van der Waals surface area contributed by atoms with Gasteiger partial charge in [-0.2, -0.15) is 13.2 Å². The van der Waals surface area contributed by atoms with Crippen molar-refractivity contribution in [2.24, 2.45) is 0 Å². The van der Waals surface area contributed by atoms with Crippen LogP contribution >= 0.6 is 12.2 Å². The molecule has 3 rings (SSSR count). The van der Waals surface area contributed by atoms with Crippen molar-refractivity contribution in [2.45, 2.75) is 6.18 Å². The van der Waals surface area contributed by atoms with E-state index in [-0.39, 0.29) is 16.1 Å². The highest BCUT2D eigenvalue weighted by Gasteiger charge is 2.33. The Morgan fingerprint density at radius 1 is 1.00 bits per heavy atom. The Morgan fingerprint density at radius 3 is 2.35 bits per heavy atom. The zero-order valence-corrected chi connectivity index (χ0v) is 13.7. The van der Waals surface area contributed by atoms with Crippen LogP contribution in [0, 0.1) is 5.82 Å². The zero-order valence-electron chi connectivity index (χ0n) is 12.9. The van der Waals surface area contributed by atoms with Crippen LogP contribution in [0.4, 0.5) is 28.9 Å². The second-order valence-electron chi connectivity index (χ2n) is 5.28. The van der Waals surface area contributed by atoms with Crippen LogP contribution in [0.1, 0.15) is 5.56 Å². The molecule has 0 atom stereocenters. The molecule has 1 heterocycles. The first-order valence-corrected chi connectivity index (χ1v) is 7.62. The molecule has 0 aliphatic rings. The molecule has 4 nitrogen and oxygen atoms in total. The summed E-state index contributed by atoms with van der Waals surface area (Å²) in [5.41, 5.74) is -1.72. The van der Waals surface area contributed by atoms with E-state index >= 15 is 0 Å². The van der Waals surface area contributed by atoms with Crippen LogP contribution in [0.15, 0.2) is 57.7 Å². The number of thiocarbonyl (C=S) groups is 1. The second kappa shape index (κ2) is 6.75. The fourth-order valence-electron chi connectivity index (χ4n) is 2.33. The normalized spacial score (nSPS) is 11.4. The molecule has 3 aromatic rings. The number of hydrogen-bond donors (Lipinski definition) is 2. The summed E-state index contributed by atoms with van der Waals surface area (Å²) in [7, 11) is 0. The molecule has 0 fully saturated rings. The fraction of sp³-hybridized carbons (Fsp3) is 0.0588. The lowest BCUT2D eigenvalue weighted by atomic mass is 10.1. The second-order valence-corrected chi connectivity index (χ2v) is 5.69. The van der Waals surface area contributed by atoms with Gasteiger partial charge in [-0.1, -0.05) is 6.07 Å². The van der Waals surface area contributed by atoms with Crippen molar-refractivity contribution in [2.75, 3.05) is 10.6 Å². The van der Waals surface area contributed by atoms with Crippen molar-refractivity contribution in [1.29, 1.82) is 0 Å². The van der Waals surface area contributed by atoms with Gasteiger partial charge < -0.3 is 15.1 Å².